The van der Waals surface area contributed by atoms with Crippen LogP contribution in [-0.2, 0) is 14.3 Å². The molecule has 0 aromatic heterocycles. The molecule has 1 aliphatic rings. The number of hydrogen-bond acceptors (Lipinski definition) is 6. The van der Waals surface area contributed by atoms with Crippen LogP contribution in [0.2, 0.25) is 0 Å². The van der Waals surface area contributed by atoms with E-state index >= 15 is 0 Å². The van der Waals surface area contributed by atoms with E-state index in [0.717, 1.165) is 44.8 Å². The number of morpholine rings is 1. The minimum atomic E-state index is -0.787. The minimum Gasteiger partial charge on any atom is -0.497 e. The van der Waals surface area contributed by atoms with Gasteiger partial charge in [0.15, 0.2) is 0 Å². The Labute approximate surface area is 147 Å². The molecular formula is C17H24N4O4. The lowest BCUT2D eigenvalue weighted by Crippen LogP contribution is -2.40. The van der Waals surface area contributed by atoms with E-state index in [2.05, 4.69) is 20.7 Å². The van der Waals surface area contributed by atoms with Crippen LogP contribution < -0.4 is 15.5 Å². The van der Waals surface area contributed by atoms with Crippen molar-refractivity contribution in [3.8, 4) is 5.75 Å². The van der Waals surface area contributed by atoms with Crippen molar-refractivity contribution in [2.24, 2.45) is 5.10 Å². The van der Waals surface area contributed by atoms with Crippen LogP contribution in [0.1, 0.15) is 12.0 Å². The SMILES string of the molecule is COc1cccc(C=NNC(=O)C(=O)NCCCN2CCOCC2)c1. The monoisotopic (exact) mass is 348 g/mol. The summed E-state index contributed by atoms with van der Waals surface area (Å²) in [7, 11) is 1.57. The molecule has 2 rings (SSSR count). The third-order valence-corrected chi connectivity index (χ3v) is 3.72. The molecule has 0 bridgehead atoms. The van der Waals surface area contributed by atoms with Gasteiger partial charge in [-0.2, -0.15) is 5.10 Å². The summed E-state index contributed by atoms with van der Waals surface area (Å²) in [6.07, 6.45) is 2.23. The number of benzene rings is 1. The van der Waals surface area contributed by atoms with Gasteiger partial charge in [-0.1, -0.05) is 12.1 Å². The first-order valence-corrected chi connectivity index (χ1v) is 8.24. The van der Waals surface area contributed by atoms with Crippen LogP contribution in [0.5, 0.6) is 5.75 Å². The lowest BCUT2D eigenvalue weighted by atomic mass is 10.2. The highest BCUT2D eigenvalue weighted by molar-refractivity contribution is 6.35. The van der Waals surface area contributed by atoms with Gasteiger partial charge in [-0.25, -0.2) is 5.43 Å². The third kappa shape index (κ3) is 6.90. The molecule has 0 radical (unpaired) electrons. The maximum absolute atomic E-state index is 11.7. The van der Waals surface area contributed by atoms with Gasteiger partial charge in [-0.3, -0.25) is 14.5 Å². The average Bonchev–Trinajstić information content (AvgIpc) is 2.66. The minimum absolute atomic E-state index is 0.448. The summed E-state index contributed by atoms with van der Waals surface area (Å²) < 4.78 is 10.4. The summed E-state index contributed by atoms with van der Waals surface area (Å²) >= 11 is 0. The summed E-state index contributed by atoms with van der Waals surface area (Å²) in [4.78, 5) is 25.6. The maximum atomic E-state index is 11.7. The lowest BCUT2D eigenvalue weighted by molar-refractivity contribution is -0.139. The van der Waals surface area contributed by atoms with Gasteiger partial charge in [-0.15, -0.1) is 0 Å². The molecule has 25 heavy (non-hydrogen) atoms. The molecule has 1 aliphatic heterocycles. The van der Waals surface area contributed by atoms with E-state index in [9.17, 15) is 9.59 Å². The van der Waals surface area contributed by atoms with Crippen molar-refractivity contribution in [2.75, 3.05) is 46.5 Å². The molecule has 2 N–H and O–H groups in total. The molecule has 0 aliphatic carbocycles. The Morgan fingerprint density at radius 2 is 2.12 bits per heavy atom. The van der Waals surface area contributed by atoms with E-state index in [1.807, 2.05) is 12.1 Å². The van der Waals surface area contributed by atoms with Crippen LogP contribution in [0, 0.1) is 0 Å². The quantitative estimate of drug-likeness (QED) is 0.313. The molecule has 1 fully saturated rings. The standard InChI is InChI=1S/C17H24N4O4/c1-24-15-5-2-4-14(12-15)13-19-20-17(23)16(22)18-6-3-7-21-8-10-25-11-9-21/h2,4-5,12-13H,3,6-11H2,1H3,(H,18,22)(H,20,23). The van der Waals surface area contributed by atoms with Crippen LogP contribution in [0.25, 0.3) is 0 Å². The number of carbonyl (C=O) groups is 2. The second-order valence-corrected chi connectivity index (χ2v) is 5.54. The van der Waals surface area contributed by atoms with Gasteiger partial charge in [0, 0.05) is 19.6 Å². The predicted molar refractivity (Wildman–Crippen MR) is 93.6 cm³/mol. The Morgan fingerprint density at radius 1 is 1.32 bits per heavy atom. The highest BCUT2D eigenvalue weighted by Gasteiger charge is 2.13. The number of hydrogen-bond donors (Lipinski definition) is 2. The zero-order valence-electron chi connectivity index (χ0n) is 14.4. The topological polar surface area (TPSA) is 92.3 Å². The highest BCUT2D eigenvalue weighted by atomic mass is 16.5. The van der Waals surface area contributed by atoms with Crippen molar-refractivity contribution in [1.82, 2.24) is 15.6 Å². The second-order valence-electron chi connectivity index (χ2n) is 5.54. The molecule has 136 valence electrons. The van der Waals surface area contributed by atoms with E-state index in [4.69, 9.17) is 9.47 Å². The molecule has 1 heterocycles. The Morgan fingerprint density at radius 3 is 2.88 bits per heavy atom. The predicted octanol–water partition coefficient (Wildman–Crippen LogP) is -0.0162. The van der Waals surface area contributed by atoms with Crippen molar-refractivity contribution >= 4 is 18.0 Å². The summed E-state index contributed by atoms with van der Waals surface area (Å²) in [6.45, 7) is 4.64. The van der Waals surface area contributed by atoms with Crippen LogP contribution in [0.15, 0.2) is 29.4 Å². The fraction of sp³-hybridized carbons (Fsp3) is 0.471. The summed E-state index contributed by atoms with van der Waals surface area (Å²) in [5, 5.41) is 6.36. The maximum Gasteiger partial charge on any atom is 0.329 e. The number of nitrogens with one attached hydrogen (secondary N) is 2. The van der Waals surface area contributed by atoms with Crippen LogP contribution >= 0.6 is 0 Å². The Hall–Kier alpha value is -2.45. The van der Waals surface area contributed by atoms with Gasteiger partial charge in [0.05, 0.1) is 26.5 Å². The van der Waals surface area contributed by atoms with Crippen molar-refractivity contribution in [3.63, 3.8) is 0 Å². The molecule has 0 saturated carbocycles. The van der Waals surface area contributed by atoms with Crippen molar-refractivity contribution in [2.45, 2.75) is 6.42 Å². The van der Waals surface area contributed by atoms with Crippen LogP contribution in [0.3, 0.4) is 0 Å². The zero-order valence-corrected chi connectivity index (χ0v) is 14.4. The van der Waals surface area contributed by atoms with Gasteiger partial charge < -0.3 is 14.8 Å². The Bertz CT molecular complexity index is 600. The van der Waals surface area contributed by atoms with E-state index in [1.165, 1.54) is 6.21 Å². The van der Waals surface area contributed by atoms with Crippen LogP contribution in [0.4, 0.5) is 0 Å². The number of ether oxygens (including phenoxy) is 2. The van der Waals surface area contributed by atoms with Gasteiger partial charge in [0.25, 0.3) is 0 Å². The largest absolute Gasteiger partial charge is 0.497 e. The molecule has 2 amide bonds. The van der Waals surface area contributed by atoms with Crippen molar-refractivity contribution in [1.29, 1.82) is 0 Å². The Balaban J connectivity index is 1.64. The normalized spacial score (nSPS) is 15.1. The molecule has 0 atom stereocenters. The second kappa shape index (κ2) is 10.4. The van der Waals surface area contributed by atoms with Gasteiger partial charge >= 0.3 is 11.8 Å². The molecule has 0 spiro atoms. The van der Waals surface area contributed by atoms with Crippen molar-refractivity contribution in [3.05, 3.63) is 29.8 Å². The fourth-order valence-corrected chi connectivity index (χ4v) is 2.35. The number of hydrazone groups is 1. The summed E-state index contributed by atoms with van der Waals surface area (Å²) in [6, 6.07) is 7.19. The molecule has 1 aromatic carbocycles. The van der Waals surface area contributed by atoms with E-state index < -0.39 is 11.8 Å². The smallest absolute Gasteiger partial charge is 0.329 e. The van der Waals surface area contributed by atoms with Crippen LogP contribution in [-0.4, -0.2) is 69.4 Å². The molecule has 8 heteroatoms. The van der Waals surface area contributed by atoms with Gasteiger partial charge in [0.1, 0.15) is 5.75 Å². The Kier molecular flexibility index (Phi) is 7.87. The zero-order chi connectivity index (χ0) is 17.9. The first-order valence-electron chi connectivity index (χ1n) is 8.24. The van der Waals surface area contributed by atoms with E-state index in [1.54, 1.807) is 19.2 Å². The lowest BCUT2D eigenvalue weighted by Gasteiger charge is -2.26. The molecule has 1 aromatic rings. The first kappa shape index (κ1) is 18.9. The molecule has 8 nitrogen and oxygen atoms in total. The van der Waals surface area contributed by atoms with Crippen molar-refractivity contribution < 1.29 is 19.1 Å². The summed E-state index contributed by atoms with van der Waals surface area (Å²) in [5.74, 6) is -0.788. The number of rotatable bonds is 7. The number of methoxy groups -OCH3 is 1. The van der Waals surface area contributed by atoms with E-state index in [0.29, 0.717) is 12.3 Å². The highest BCUT2D eigenvalue weighted by Crippen LogP contribution is 2.10. The van der Waals surface area contributed by atoms with Gasteiger partial charge in [-0.05, 0) is 30.7 Å². The first-order chi connectivity index (χ1) is 12.2. The van der Waals surface area contributed by atoms with E-state index in [-0.39, 0.29) is 0 Å². The van der Waals surface area contributed by atoms with Gasteiger partial charge in [0.2, 0.25) is 0 Å². The summed E-state index contributed by atoms with van der Waals surface area (Å²) in [5.41, 5.74) is 2.96. The number of carbonyl (C=O) groups excluding carboxylic acids is 2. The molecule has 0 unspecified atom stereocenters. The third-order valence-electron chi connectivity index (χ3n) is 3.72. The number of nitrogens with zero attached hydrogens (tertiary/aromatic N) is 2. The molecular weight excluding hydrogens is 324 g/mol. The molecule has 1 saturated heterocycles. The number of amides is 2. The average molecular weight is 348 g/mol. The fourth-order valence-electron chi connectivity index (χ4n) is 2.35.